The number of urea groups is 1. The van der Waals surface area contributed by atoms with Crippen LogP contribution in [0.25, 0.3) is 0 Å². The Morgan fingerprint density at radius 2 is 1.67 bits per heavy atom. The van der Waals surface area contributed by atoms with Gasteiger partial charge in [-0.05, 0) is 36.2 Å². The van der Waals surface area contributed by atoms with E-state index in [9.17, 15) is 14.0 Å². The van der Waals surface area contributed by atoms with Crippen molar-refractivity contribution in [3.8, 4) is 0 Å². The summed E-state index contributed by atoms with van der Waals surface area (Å²) in [6.07, 6.45) is 0.800. The van der Waals surface area contributed by atoms with Crippen LogP contribution in [-0.2, 0) is 11.3 Å². The van der Waals surface area contributed by atoms with Crippen LogP contribution in [0, 0.1) is 5.82 Å². The molecule has 0 saturated carbocycles. The number of amides is 3. The third-order valence-corrected chi connectivity index (χ3v) is 3.97. The second kappa shape index (κ2) is 10.8. The van der Waals surface area contributed by atoms with E-state index >= 15 is 0 Å². The van der Waals surface area contributed by atoms with Gasteiger partial charge in [0.2, 0.25) is 5.91 Å². The first-order valence-electron chi connectivity index (χ1n) is 8.83. The maximum Gasteiger partial charge on any atom is 0.315 e. The molecule has 0 spiro atoms. The molecule has 0 unspecified atom stereocenters. The maximum absolute atomic E-state index is 12.8. The number of halogens is 1. The van der Waals surface area contributed by atoms with Gasteiger partial charge in [0.15, 0.2) is 0 Å². The van der Waals surface area contributed by atoms with Crippen molar-refractivity contribution in [3.63, 3.8) is 0 Å². The first-order chi connectivity index (χ1) is 13.0. The van der Waals surface area contributed by atoms with Crippen molar-refractivity contribution in [3.05, 3.63) is 66.0 Å². The number of para-hydroxylation sites is 1. The summed E-state index contributed by atoms with van der Waals surface area (Å²) in [5.74, 6) is -0.566. The van der Waals surface area contributed by atoms with E-state index in [1.807, 2.05) is 37.4 Å². The molecule has 0 atom stereocenters. The van der Waals surface area contributed by atoms with E-state index in [1.54, 1.807) is 12.1 Å². The van der Waals surface area contributed by atoms with Gasteiger partial charge in [-0.1, -0.05) is 30.3 Å². The lowest BCUT2D eigenvalue weighted by Gasteiger charge is -2.19. The van der Waals surface area contributed by atoms with Crippen LogP contribution in [-0.4, -0.2) is 38.6 Å². The predicted molar refractivity (Wildman–Crippen MR) is 104 cm³/mol. The molecule has 0 saturated heterocycles. The van der Waals surface area contributed by atoms with Crippen LogP contribution >= 0.6 is 0 Å². The van der Waals surface area contributed by atoms with Crippen molar-refractivity contribution in [2.75, 3.05) is 31.6 Å². The number of carbonyl (C=O) groups excluding carboxylic acids is 2. The van der Waals surface area contributed by atoms with Gasteiger partial charge >= 0.3 is 6.03 Å². The number of hydrogen-bond acceptors (Lipinski definition) is 3. The fourth-order valence-corrected chi connectivity index (χ4v) is 2.43. The van der Waals surface area contributed by atoms with Gasteiger partial charge in [-0.25, -0.2) is 9.18 Å². The van der Waals surface area contributed by atoms with E-state index in [2.05, 4.69) is 20.9 Å². The lowest BCUT2D eigenvalue weighted by atomic mass is 10.2. The summed E-state index contributed by atoms with van der Waals surface area (Å²) < 4.78 is 12.8. The molecule has 0 aliphatic heterocycles. The molecule has 0 aromatic heterocycles. The van der Waals surface area contributed by atoms with Gasteiger partial charge in [0, 0.05) is 32.4 Å². The molecular weight excluding hydrogens is 347 g/mol. The molecule has 2 aromatic carbocycles. The molecule has 2 rings (SSSR count). The lowest BCUT2D eigenvalue weighted by Crippen LogP contribution is -2.42. The number of carbonyl (C=O) groups is 2. The van der Waals surface area contributed by atoms with Gasteiger partial charge in [0.05, 0.1) is 6.54 Å². The summed E-state index contributed by atoms with van der Waals surface area (Å²) in [5.41, 5.74) is 1.90. The Morgan fingerprint density at radius 3 is 2.37 bits per heavy atom. The summed E-state index contributed by atoms with van der Waals surface area (Å²) in [4.78, 5) is 25.6. The molecule has 0 aliphatic rings. The van der Waals surface area contributed by atoms with E-state index < -0.39 is 6.03 Å². The standard InChI is InChI=1S/C20H25FN4O2/c1-25(18-6-3-2-4-7-18)13-5-12-22-19(26)15-24-20(27)23-14-16-8-10-17(21)11-9-16/h2-4,6-11H,5,12-15H2,1H3,(H,22,26)(H2,23,24,27). The van der Waals surface area contributed by atoms with Gasteiger partial charge in [-0.3, -0.25) is 4.79 Å². The first-order valence-corrected chi connectivity index (χ1v) is 8.83. The maximum atomic E-state index is 12.8. The Morgan fingerprint density at radius 1 is 0.963 bits per heavy atom. The fourth-order valence-electron chi connectivity index (χ4n) is 2.43. The van der Waals surface area contributed by atoms with Gasteiger partial charge in [0.1, 0.15) is 5.82 Å². The zero-order valence-electron chi connectivity index (χ0n) is 15.4. The number of rotatable bonds is 9. The monoisotopic (exact) mass is 372 g/mol. The van der Waals surface area contributed by atoms with Crippen LogP contribution in [0.1, 0.15) is 12.0 Å². The molecule has 0 aliphatic carbocycles. The lowest BCUT2D eigenvalue weighted by molar-refractivity contribution is -0.120. The zero-order valence-corrected chi connectivity index (χ0v) is 15.4. The Hall–Kier alpha value is -3.09. The smallest absolute Gasteiger partial charge is 0.315 e. The number of nitrogens with zero attached hydrogens (tertiary/aromatic N) is 1. The predicted octanol–water partition coefficient (Wildman–Crippen LogP) is 2.27. The second-order valence-electron chi connectivity index (χ2n) is 6.12. The molecule has 27 heavy (non-hydrogen) atoms. The van der Waals surface area contributed by atoms with Gasteiger partial charge in [-0.15, -0.1) is 0 Å². The minimum Gasteiger partial charge on any atom is -0.375 e. The molecule has 3 N–H and O–H groups in total. The fraction of sp³-hybridized carbons (Fsp3) is 0.300. The molecule has 0 bridgehead atoms. The van der Waals surface area contributed by atoms with Crippen LogP contribution in [0.15, 0.2) is 54.6 Å². The first kappa shape index (κ1) is 20.2. The number of anilines is 1. The van der Waals surface area contributed by atoms with Crippen molar-refractivity contribution < 1.29 is 14.0 Å². The van der Waals surface area contributed by atoms with E-state index in [0.29, 0.717) is 6.54 Å². The van der Waals surface area contributed by atoms with Crippen LogP contribution < -0.4 is 20.9 Å². The number of nitrogens with one attached hydrogen (secondary N) is 3. The topological polar surface area (TPSA) is 73.5 Å². The highest BCUT2D eigenvalue weighted by atomic mass is 19.1. The number of benzene rings is 2. The van der Waals surface area contributed by atoms with Crippen molar-refractivity contribution in [1.29, 1.82) is 0 Å². The van der Waals surface area contributed by atoms with Crippen LogP contribution in [0.5, 0.6) is 0 Å². The molecule has 3 amide bonds. The Labute approximate surface area is 158 Å². The van der Waals surface area contributed by atoms with Crippen LogP contribution in [0.3, 0.4) is 0 Å². The highest BCUT2D eigenvalue weighted by Crippen LogP contribution is 2.10. The summed E-state index contributed by atoms with van der Waals surface area (Å²) in [7, 11) is 2.00. The zero-order chi connectivity index (χ0) is 19.5. The largest absolute Gasteiger partial charge is 0.375 e. The molecule has 7 heteroatoms. The average molecular weight is 372 g/mol. The van der Waals surface area contributed by atoms with Gasteiger partial charge in [-0.2, -0.15) is 0 Å². The van der Waals surface area contributed by atoms with Gasteiger partial charge < -0.3 is 20.9 Å². The number of hydrogen-bond donors (Lipinski definition) is 3. The Bertz CT molecular complexity index is 723. The molecule has 144 valence electrons. The van der Waals surface area contributed by atoms with Crippen molar-refractivity contribution in [2.24, 2.45) is 0 Å². The van der Waals surface area contributed by atoms with Crippen molar-refractivity contribution in [1.82, 2.24) is 16.0 Å². The Balaban J connectivity index is 1.55. The Kier molecular flexibility index (Phi) is 8.09. The molecule has 0 fully saturated rings. The molecule has 0 radical (unpaired) electrons. The molecule has 6 nitrogen and oxygen atoms in total. The average Bonchev–Trinajstić information content (AvgIpc) is 2.69. The van der Waals surface area contributed by atoms with Crippen molar-refractivity contribution >= 4 is 17.6 Å². The highest BCUT2D eigenvalue weighted by molar-refractivity contribution is 5.83. The minimum atomic E-state index is -0.446. The molecule has 0 heterocycles. The SMILES string of the molecule is CN(CCCNC(=O)CNC(=O)NCc1ccc(F)cc1)c1ccccc1. The van der Waals surface area contributed by atoms with Crippen molar-refractivity contribution in [2.45, 2.75) is 13.0 Å². The van der Waals surface area contributed by atoms with Crippen LogP contribution in [0.4, 0.5) is 14.9 Å². The summed E-state index contributed by atoms with van der Waals surface area (Å²) in [6.45, 7) is 1.52. The third-order valence-electron chi connectivity index (χ3n) is 3.97. The van der Waals surface area contributed by atoms with Crippen LogP contribution in [0.2, 0.25) is 0 Å². The van der Waals surface area contributed by atoms with E-state index in [-0.39, 0.29) is 24.8 Å². The summed E-state index contributed by atoms with van der Waals surface area (Å²) >= 11 is 0. The van der Waals surface area contributed by atoms with E-state index in [0.717, 1.165) is 24.2 Å². The molecule has 2 aromatic rings. The van der Waals surface area contributed by atoms with E-state index in [1.165, 1.54) is 12.1 Å². The minimum absolute atomic E-state index is 0.0935. The highest BCUT2D eigenvalue weighted by Gasteiger charge is 2.05. The second-order valence-corrected chi connectivity index (χ2v) is 6.12. The summed E-state index contributed by atoms with van der Waals surface area (Å²) in [5, 5.41) is 7.88. The normalized spacial score (nSPS) is 10.1. The van der Waals surface area contributed by atoms with E-state index in [4.69, 9.17) is 0 Å². The third kappa shape index (κ3) is 7.77. The summed E-state index contributed by atoms with van der Waals surface area (Å²) in [6, 6.07) is 15.4. The van der Waals surface area contributed by atoms with Gasteiger partial charge in [0.25, 0.3) is 0 Å². The quantitative estimate of drug-likeness (QED) is 0.591. The molecular formula is C20H25FN4O2.